The highest BCUT2D eigenvalue weighted by atomic mass is 19.4. The van der Waals surface area contributed by atoms with Gasteiger partial charge in [-0.1, -0.05) is 12.1 Å². The summed E-state index contributed by atoms with van der Waals surface area (Å²) in [6.45, 7) is 1.76. The zero-order valence-corrected chi connectivity index (χ0v) is 18.5. The quantitative estimate of drug-likeness (QED) is 0.413. The number of rotatable bonds is 8. The normalized spacial score (nSPS) is 21.9. The lowest BCUT2D eigenvalue weighted by Gasteiger charge is -2.25. The molecule has 2 fully saturated rings. The first-order chi connectivity index (χ1) is 15.8. The first-order valence-electron chi connectivity index (χ1n) is 10.7. The largest absolute Gasteiger partial charge is 0.403 e. The van der Waals surface area contributed by atoms with E-state index in [2.05, 4.69) is 16.0 Å². The lowest BCUT2D eigenvalue weighted by atomic mass is 9.82. The van der Waals surface area contributed by atoms with Crippen LogP contribution in [0.15, 0.2) is 18.2 Å². The molecule has 1 heterocycles. The summed E-state index contributed by atoms with van der Waals surface area (Å²) < 4.78 is 40.5. The van der Waals surface area contributed by atoms with Crippen molar-refractivity contribution >= 4 is 35.1 Å². The van der Waals surface area contributed by atoms with Gasteiger partial charge >= 0.3 is 6.18 Å². The van der Waals surface area contributed by atoms with E-state index in [9.17, 15) is 37.1 Å². The van der Waals surface area contributed by atoms with E-state index >= 15 is 0 Å². The lowest BCUT2D eigenvalue weighted by molar-refractivity contribution is -0.189. The van der Waals surface area contributed by atoms with Gasteiger partial charge < -0.3 is 21.7 Å². The number of hydrogen-bond donors (Lipinski definition) is 4. The van der Waals surface area contributed by atoms with E-state index in [1.165, 1.54) is 25.2 Å². The molecule has 0 unspecified atom stereocenters. The van der Waals surface area contributed by atoms with Gasteiger partial charge in [-0.05, 0) is 44.2 Å². The summed E-state index contributed by atoms with van der Waals surface area (Å²) in [6, 6.07) is 3.67. The van der Waals surface area contributed by atoms with Crippen LogP contribution in [0.1, 0.15) is 54.4 Å². The molecule has 3 rings (SSSR count). The number of nitrogens with one attached hydrogen (secondary N) is 3. The Labute approximate surface area is 193 Å². The SMILES string of the molecule is CNC(=O)C(=O)[C@@H](C[C@H]1C[C@@H](C)NC1=O)c1cccc(C(N)=O)c1NC(=O)C1(C(F)(F)F)CC1. The summed E-state index contributed by atoms with van der Waals surface area (Å²) in [4.78, 5) is 62.2. The topological polar surface area (TPSA) is 147 Å². The summed E-state index contributed by atoms with van der Waals surface area (Å²) in [5.74, 6) is -6.72. The smallest absolute Gasteiger partial charge is 0.366 e. The van der Waals surface area contributed by atoms with E-state index in [0.29, 0.717) is 6.42 Å². The van der Waals surface area contributed by atoms with E-state index in [4.69, 9.17) is 5.73 Å². The third kappa shape index (κ3) is 4.62. The van der Waals surface area contributed by atoms with E-state index < -0.39 is 59.8 Å². The molecule has 0 aromatic heterocycles. The van der Waals surface area contributed by atoms with Crippen LogP contribution in [0.2, 0.25) is 0 Å². The molecule has 1 aromatic carbocycles. The van der Waals surface area contributed by atoms with Gasteiger partial charge in [0.2, 0.25) is 17.6 Å². The number of halogens is 3. The van der Waals surface area contributed by atoms with Crippen molar-refractivity contribution in [3.63, 3.8) is 0 Å². The maximum Gasteiger partial charge on any atom is 0.403 e. The standard InChI is InChI=1S/C22H25F3N4O5/c1-10-8-11(18(32)28-10)9-14(16(30)19(33)27-2)12-4-3-5-13(17(26)31)15(12)29-20(34)21(6-7-21)22(23,24)25/h3-5,10-11,14H,6-9H2,1-2H3,(H2,26,31)(H,27,33)(H,28,32)(H,29,34)/t10-,11-,14+/m1/s1. The maximum atomic E-state index is 13.5. The number of likely N-dealkylation sites (N-methyl/N-ethyl adjacent to an activating group) is 1. The van der Waals surface area contributed by atoms with Gasteiger partial charge in [-0.3, -0.25) is 24.0 Å². The molecule has 0 bridgehead atoms. The average molecular weight is 482 g/mol. The molecule has 1 aliphatic carbocycles. The molecule has 9 nitrogen and oxygen atoms in total. The van der Waals surface area contributed by atoms with Crippen molar-refractivity contribution in [1.82, 2.24) is 10.6 Å². The maximum absolute atomic E-state index is 13.5. The molecule has 5 N–H and O–H groups in total. The molecule has 1 aromatic rings. The van der Waals surface area contributed by atoms with Gasteiger partial charge in [0.15, 0.2) is 0 Å². The highest BCUT2D eigenvalue weighted by Gasteiger charge is 2.68. The van der Waals surface area contributed by atoms with Gasteiger partial charge in [0.1, 0.15) is 5.41 Å². The minimum atomic E-state index is -4.81. The van der Waals surface area contributed by atoms with Crippen LogP contribution in [0.5, 0.6) is 0 Å². The zero-order valence-electron chi connectivity index (χ0n) is 18.5. The Bertz CT molecular complexity index is 1050. The minimum Gasteiger partial charge on any atom is -0.366 e. The summed E-state index contributed by atoms with van der Waals surface area (Å²) in [5.41, 5.74) is 2.04. The van der Waals surface area contributed by atoms with Crippen molar-refractivity contribution in [2.45, 2.75) is 50.7 Å². The van der Waals surface area contributed by atoms with Gasteiger partial charge in [0.25, 0.3) is 11.8 Å². The number of nitrogens with two attached hydrogens (primary N) is 1. The van der Waals surface area contributed by atoms with Crippen LogP contribution in [0.4, 0.5) is 18.9 Å². The Kier molecular flexibility index (Phi) is 6.72. The lowest BCUT2D eigenvalue weighted by Crippen LogP contribution is -2.38. The fourth-order valence-electron chi connectivity index (χ4n) is 4.30. The fraction of sp³-hybridized carbons (Fsp3) is 0.500. The van der Waals surface area contributed by atoms with Crippen molar-refractivity contribution in [3.8, 4) is 0 Å². The van der Waals surface area contributed by atoms with Crippen LogP contribution in [0.3, 0.4) is 0 Å². The number of carbonyl (C=O) groups excluding carboxylic acids is 5. The third-order valence-electron chi connectivity index (χ3n) is 6.39. The average Bonchev–Trinajstić information content (AvgIpc) is 3.52. The predicted molar refractivity (Wildman–Crippen MR) is 113 cm³/mol. The Hall–Kier alpha value is -3.44. The van der Waals surface area contributed by atoms with E-state index in [1.54, 1.807) is 6.92 Å². The van der Waals surface area contributed by atoms with Crippen molar-refractivity contribution in [1.29, 1.82) is 0 Å². The summed E-state index contributed by atoms with van der Waals surface area (Å²) in [5, 5.41) is 7.06. The van der Waals surface area contributed by atoms with Crippen molar-refractivity contribution < 1.29 is 37.1 Å². The predicted octanol–water partition coefficient (Wildman–Crippen LogP) is 1.38. The number of benzene rings is 1. The molecule has 1 saturated carbocycles. The van der Waals surface area contributed by atoms with Gasteiger partial charge in [0, 0.05) is 19.0 Å². The first kappa shape index (κ1) is 25.2. The van der Waals surface area contributed by atoms with Gasteiger partial charge in [-0.25, -0.2) is 0 Å². The van der Waals surface area contributed by atoms with E-state index in [1.807, 2.05) is 0 Å². The number of hydrogen-bond acceptors (Lipinski definition) is 5. The van der Waals surface area contributed by atoms with Crippen LogP contribution >= 0.6 is 0 Å². The molecule has 34 heavy (non-hydrogen) atoms. The second-order valence-electron chi connectivity index (χ2n) is 8.74. The summed E-state index contributed by atoms with van der Waals surface area (Å²) >= 11 is 0. The number of carbonyl (C=O) groups is 5. The molecule has 0 radical (unpaired) electrons. The second kappa shape index (κ2) is 9.07. The van der Waals surface area contributed by atoms with Crippen molar-refractivity contribution in [2.75, 3.05) is 12.4 Å². The second-order valence-corrected chi connectivity index (χ2v) is 8.74. The molecule has 2 aliphatic rings. The third-order valence-corrected chi connectivity index (χ3v) is 6.39. The zero-order chi connectivity index (χ0) is 25.4. The number of alkyl halides is 3. The summed E-state index contributed by atoms with van der Waals surface area (Å²) in [6.07, 6.45) is -5.44. The molecule has 1 aliphatic heterocycles. The van der Waals surface area contributed by atoms with Gasteiger partial charge in [0.05, 0.1) is 17.2 Å². The number of ketones is 1. The minimum absolute atomic E-state index is 0.0661. The van der Waals surface area contributed by atoms with E-state index in [0.717, 1.165) is 0 Å². The van der Waals surface area contributed by atoms with Crippen LogP contribution in [0.25, 0.3) is 0 Å². The highest BCUT2D eigenvalue weighted by Crippen LogP contribution is 2.58. The Morgan fingerprint density at radius 2 is 1.88 bits per heavy atom. The molecular formula is C22H25F3N4O5. The van der Waals surface area contributed by atoms with Gasteiger partial charge in [-0.15, -0.1) is 0 Å². The molecule has 184 valence electrons. The molecule has 12 heteroatoms. The molecular weight excluding hydrogens is 457 g/mol. The van der Waals surface area contributed by atoms with Crippen LogP contribution in [-0.4, -0.2) is 48.7 Å². The van der Waals surface area contributed by atoms with Gasteiger partial charge in [-0.2, -0.15) is 13.2 Å². The highest BCUT2D eigenvalue weighted by molar-refractivity contribution is 6.38. The number of Topliss-reactive ketones (excluding diaryl/α,β-unsaturated/α-hetero) is 1. The van der Waals surface area contributed by atoms with E-state index in [-0.39, 0.29) is 35.2 Å². The first-order valence-corrected chi connectivity index (χ1v) is 10.7. The Morgan fingerprint density at radius 1 is 1.24 bits per heavy atom. The number of amides is 4. The number of anilines is 1. The van der Waals surface area contributed by atoms with Crippen LogP contribution < -0.4 is 21.7 Å². The monoisotopic (exact) mass is 482 g/mol. The van der Waals surface area contributed by atoms with Crippen molar-refractivity contribution in [2.24, 2.45) is 17.1 Å². The molecule has 4 amide bonds. The molecule has 1 saturated heterocycles. The summed E-state index contributed by atoms with van der Waals surface area (Å²) in [7, 11) is 1.23. The fourth-order valence-corrected chi connectivity index (χ4v) is 4.30. The van der Waals surface area contributed by atoms with Crippen LogP contribution in [-0.2, 0) is 19.2 Å². The van der Waals surface area contributed by atoms with Crippen molar-refractivity contribution in [3.05, 3.63) is 29.3 Å². The molecule has 0 spiro atoms. The number of para-hydroxylation sites is 1. The van der Waals surface area contributed by atoms with Crippen LogP contribution in [0, 0.1) is 11.3 Å². The molecule has 3 atom stereocenters. The number of primary amides is 1. The Balaban J connectivity index is 2.08. The Morgan fingerprint density at radius 3 is 2.35 bits per heavy atom.